The number of unbranched alkanes of at least 4 members (excludes halogenated alkanes) is 4. The van der Waals surface area contributed by atoms with Crippen LogP contribution < -0.4 is 15.4 Å². The molecule has 0 saturated heterocycles. The van der Waals surface area contributed by atoms with Crippen molar-refractivity contribution in [1.82, 2.24) is 9.69 Å². The standard InChI is InChI=1S/C17H29N3O5S/c1-4-5-6-7-8-9-25-13-12(15(22)23)14(26-20-13)19-16(24)18-10-17(2,3)11-21/h21H,4-11H2,1-3H3,(H,22,23)(H2,18,19,24). The smallest absolute Gasteiger partial charge is 0.344 e. The molecule has 0 atom stereocenters. The molecule has 0 spiro atoms. The molecule has 0 aromatic carbocycles. The molecule has 0 radical (unpaired) electrons. The molecule has 26 heavy (non-hydrogen) atoms. The number of nitrogens with one attached hydrogen (secondary N) is 2. The highest BCUT2D eigenvalue weighted by atomic mass is 32.1. The first-order valence-corrected chi connectivity index (χ1v) is 9.59. The van der Waals surface area contributed by atoms with Crippen molar-refractivity contribution in [3.05, 3.63) is 5.56 Å². The van der Waals surface area contributed by atoms with Crippen molar-refractivity contribution < 1.29 is 24.5 Å². The third-order valence-electron chi connectivity index (χ3n) is 3.74. The second-order valence-electron chi connectivity index (χ2n) is 6.89. The Labute approximate surface area is 158 Å². The van der Waals surface area contributed by atoms with E-state index in [9.17, 15) is 19.8 Å². The van der Waals surface area contributed by atoms with E-state index in [-0.39, 0.29) is 29.6 Å². The summed E-state index contributed by atoms with van der Waals surface area (Å²) in [7, 11) is 0. The Morgan fingerprint density at radius 3 is 2.54 bits per heavy atom. The van der Waals surface area contributed by atoms with Crippen LogP contribution in [0.3, 0.4) is 0 Å². The van der Waals surface area contributed by atoms with Gasteiger partial charge in [0, 0.05) is 18.6 Å². The van der Waals surface area contributed by atoms with Crippen LogP contribution in [0.5, 0.6) is 5.88 Å². The number of carbonyl (C=O) groups excluding carboxylic acids is 1. The number of aromatic nitrogens is 1. The molecule has 0 bridgehead atoms. The van der Waals surface area contributed by atoms with Gasteiger partial charge in [-0.3, -0.25) is 5.32 Å². The van der Waals surface area contributed by atoms with Crippen LogP contribution in [0, 0.1) is 5.41 Å². The minimum atomic E-state index is -1.20. The maximum Gasteiger partial charge on any atom is 0.344 e. The summed E-state index contributed by atoms with van der Waals surface area (Å²) in [5.74, 6) is -1.17. The Hall–Kier alpha value is -1.87. The zero-order chi connectivity index (χ0) is 19.6. The fraction of sp³-hybridized carbons (Fsp3) is 0.706. The molecule has 4 N–H and O–H groups in total. The number of urea groups is 1. The molecule has 8 nitrogen and oxygen atoms in total. The number of anilines is 1. The van der Waals surface area contributed by atoms with Gasteiger partial charge < -0.3 is 20.3 Å². The molecular weight excluding hydrogens is 358 g/mol. The van der Waals surface area contributed by atoms with E-state index in [0.29, 0.717) is 6.61 Å². The molecule has 0 aliphatic heterocycles. The number of aliphatic hydroxyl groups is 1. The average molecular weight is 388 g/mol. The highest BCUT2D eigenvalue weighted by Crippen LogP contribution is 2.30. The number of amides is 2. The SMILES string of the molecule is CCCCCCCOc1nsc(NC(=O)NCC(C)(C)CO)c1C(=O)O. The van der Waals surface area contributed by atoms with Crippen molar-refractivity contribution in [1.29, 1.82) is 0 Å². The van der Waals surface area contributed by atoms with Gasteiger partial charge in [0.2, 0.25) is 5.88 Å². The van der Waals surface area contributed by atoms with Gasteiger partial charge in [0.1, 0.15) is 5.00 Å². The van der Waals surface area contributed by atoms with Crippen LogP contribution in [0.4, 0.5) is 9.80 Å². The van der Waals surface area contributed by atoms with Crippen LogP contribution in [-0.2, 0) is 0 Å². The van der Waals surface area contributed by atoms with E-state index in [0.717, 1.165) is 37.2 Å². The van der Waals surface area contributed by atoms with Crippen LogP contribution >= 0.6 is 11.5 Å². The predicted molar refractivity (Wildman–Crippen MR) is 101 cm³/mol. The summed E-state index contributed by atoms with van der Waals surface area (Å²) >= 11 is 0.867. The molecule has 1 aromatic heterocycles. The highest BCUT2D eigenvalue weighted by molar-refractivity contribution is 7.11. The average Bonchev–Trinajstić information content (AvgIpc) is 2.99. The minimum Gasteiger partial charge on any atom is -0.477 e. The zero-order valence-electron chi connectivity index (χ0n) is 15.6. The lowest BCUT2D eigenvalue weighted by atomic mass is 9.95. The van der Waals surface area contributed by atoms with Gasteiger partial charge in [-0.1, -0.05) is 46.5 Å². The fourth-order valence-electron chi connectivity index (χ4n) is 2.05. The molecule has 0 saturated carbocycles. The van der Waals surface area contributed by atoms with E-state index in [2.05, 4.69) is 21.9 Å². The number of hydrogen-bond donors (Lipinski definition) is 4. The molecule has 2 amide bonds. The molecule has 1 rings (SSSR count). The molecule has 1 aromatic rings. The summed E-state index contributed by atoms with van der Waals surface area (Å²) < 4.78 is 9.49. The van der Waals surface area contributed by atoms with Crippen molar-refractivity contribution in [2.24, 2.45) is 5.41 Å². The van der Waals surface area contributed by atoms with Gasteiger partial charge in [-0.05, 0) is 18.0 Å². The molecule has 148 valence electrons. The van der Waals surface area contributed by atoms with Crippen molar-refractivity contribution in [2.45, 2.75) is 52.9 Å². The molecule has 0 unspecified atom stereocenters. The number of rotatable bonds is 12. The van der Waals surface area contributed by atoms with E-state index < -0.39 is 17.4 Å². The normalized spacial score (nSPS) is 11.2. The number of carbonyl (C=O) groups is 2. The number of aliphatic hydroxyl groups excluding tert-OH is 1. The molecule has 1 heterocycles. The summed E-state index contributed by atoms with van der Waals surface area (Å²) in [5, 5.41) is 23.8. The van der Waals surface area contributed by atoms with Crippen LogP contribution in [0.2, 0.25) is 0 Å². The van der Waals surface area contributed by atoms with Gasteiger partial charge >= 0.3 is 12.0 Å². The first-order chi connectivity index (χ1) is 12.3. The van der Waals surface area contributed by atoms with Crippen molar-refractivity contribution in [3.63, 3.8) is 0 Å². The van der Waals surface area contributed by atoms with Crippen molar-refractivity contribution in [2.75, 3.05) is 25.1 Å². The Morgan fingerprint density at radius 2 is 1.92 bits per heavy atom. The van der Waals surface area contributed by atoms with E-state index in [1.54, 1.807) is 13.8 Å². The quantitative estimate of drug-likeness (QED) is 0.408. The Morgan fingerprint density at radius 1 is 1.23 bits per heavy atom. The van der Waals surface area contributed by atoms with Crippen molar-refractivity contribution in [3.8, 4) is 5.88 Å². The van der Waals surface area contributed by atoms with Gasteiger partial charge in [0.25, 0.3) is 0 Å². The largest absolute Gasteiger partial charge is 0.477 e. The summed E-state index contributed by atoms with van der Waals surface area (Å²) in [5.41, 5.74) is -0.604. The zero-order valence-corrected chi connectivity index (χ0v) is 16.4. The lowest BCUT2D eigenvalue weighted by Gasteiger charge is -2.21. The minimum absolute atomic E-state index is 0.0315. The van der Waals surface area contributed by atoms with Crippen LogP contribution in [0.25, 0.3) is 0 Å². The number of nitrogens with zero attached hydrogens (tertiary/aromatic N) is 1. The lowest BCUT2D eigenvalue weighted by molar-refractivity contribution is 0.0693. The Bertz CT molecular complexity index is 589. The van der Waals surface area contributed by atoms with E-state index in [4.69, 9.17) is 4.74 Å². The first kappa shape index (κ1) is 22.2. The topological polar surface area (TPSA) is 121 Å². The molecular formula is C17H29N3O5S. The van der Waals surface area contributed by atoms with Crippen LogP contribution in [0.1, 0.15) is 63.2 Å². The van der Waals surface area contributed by atoms with Gasteiger partial charge in [0.05, 0.1) is 6.61 Å². The Kier molecular flexibility index (Phi) is 9.36. The Balaban J connectivity index is 2.59. The van der Waals surface area contributed by atoms with E-state index in [1.165, 1.54) is 6.42 Å². The number of ether oxygens (including phenoxy) is 1. The predicted octanol–water partition coefficient (Wildman–Crippen LogP) is 3.33. The van der Waals surface area contributed by atoms with E-state index in [1.807, 2.05) is 0 Å². The van der Waals surface area contributed by atoms with Gasteiger partial charge in [-0.2, -0.15) is 4.37 Å². The number of carboxylic acids is 1. The second kappa shape index (κ2) is 11.0. The lowest BCUT2D eigenvalue weighted by Crippen LogP contribution is -2.38. The molecule has 0 aliphatic carbocycles. The maximum atomic E-state index is 12.0. The third-order valence-corrected chi connectivity index (χ3v) is 4.49. The maximum absolute atomic E-state index is 12.0. The summed E-state index contributed by atoms with van der Waals surface area (Å²) in [6.07, 6.45) is 5.31. The monoisotopic (exact) mass is 387 g/mol. The first-order valence-electron chi connectivity index (χ1n) is 8.82. The molecule has 9 heteroatoms. The van der Waals surface area contributed by atoms with Gasteiger partial charge in [0.15, 0.2) is 5.56 Å². The molecule has 0 fully saturated rings. The third kappa shape index (κ3) is 7.57. The van der Waals surface area contributed by atoms with Crippen molar-refractivity contribution >= 4 is 28.5 Å². The van der Waals surface area contributed by atoms with E-state index >= 15 is 0 Å². The van der Waals surface area contributed by atoms with Gasteiger partial charge in [-0.25, -0.2) is 9.59 Å². The van der Waals surface area contributed by atoms with Crippen LogP contribution in [-0.4, -0.2) is 46.3 Å². The van der Waals surface area contributed by atoms with Crippen LogP contribution in [0.15, 0.2) is 0 Å². The fourth-order valence-corrected chi connectivity index (χ4v) is 2.77. The number of hydrogen-bond acceptors (Lipinski definition) is 6. The second-order valence-corrected chi connectivity index (χ2v) is 7.66. The summed E-state index contributed by atoms with van der Waals surface area (Å²) in [6.45, 7) is 6.30. The summed E-state index contributed by atoms with van der Waals surface area (Å²) in [4.78, 5) is 23.5. The number of carboxylic acid groups (broad SMARTS) is 1. The van der Waals surface area contributed by atoms with Gasteiger partial charge in [-0.15, -0.1) is 0 Å². The highest BCUT2D eigenvalue weighted by Gasteiger charge is 2.24. The number of aromatic carboxylic acids is 1. The molecule has 0 aliphatic rings. The summed E-state index contributed by atoms with van der Waals surface area (Å²) in [6, 6.07) is -0.552.